The summed E-state index contributed by atoms with van der Waals surface area (Å²) in [7, 11) is 3.14. The van der Waals surface area contributed by atoms with Crippen molar-refractivity contribution in [2.45, 2.75) is 25.9 Å². The van der Waals surface area contributed by atoms with E-state index in [9.17, 15) is 4.79 Å². The third kappa shape index (κ3) is 4.78. The molecule has 0 saturated carbocycles. The molecule has 1 N–H and O–H groups in total. The van der Waals surface area contributed by atoms with Gasteiger partial charge in [0, 0.05) is 24.9 Å². The molecule has 1 unspecified atom stereocenters. The lowest BCUT2D eigenvalue weighted by molar-refractivity contribution is 0.102. The fourth-order valence-electron chi connectivity index (χ4n) is 2.99. The van der Waals surface area contributed by atoms with E-state index in [1.54, 1.807) is 49.6 Å². The van der Waals surface area contributed by atoms with Crippen molar-refractivity contribution in [1.82, 2.24) is 14.9 Å². The van der Waals surface area contributed by atoms with Gasteiger partial charge in [-0.1, -0.05) is 0 Å². The van der Waals surface area contributed by atoms with Crippen LogP contribution in [0.25, 0.3) is 0 Å². The first-order valence-electron chi connectivity index (χ1n) is 8.83. The quantitative estimate of drug-likeness (QED) is 0.869. The van der Waals surface area contributed by atoms with Crippen LogP contribution >= 0.6 is 0 Å². The minimum absolute atomic E-state index is 0.100. The normalized spacial score (nSPS) is 16.6. The highest BCUT2D eigenvalue weighted by Gasteiger charge is 2.26. The van der Waals surface area contributed by atoms with Crippen LogP contribution in [0.15, 0.2) is 30.5 Å². The zero-order chi connectivity index (χ0) is 19.2. The molecule has 1 aromatic heterocycles. The summed E-state index contributed by atoms with van der Waals surface area (Å²) in [6.07, 6.45) is 3.30. The summed E-state index contributed by atoms with van der Waals surface area (Å²) >= 11 is 0. The highest BCUT2D eigenvalue weighted by molar-refractivity contribution is 5.91. The van der Waals surface area contributed by atoms with E-state index in [-0.39, 0.29) is 12.1 Å². The average molecular weight is 372 g/mol. The molecular formula is C19H24N4O4. The second-order valence-corrected chi connectivity index (χ2v) is 6.27. The Hall–Kier alpha value is -3.03. The standard InChI is InChI=1S/C19H24N4O4/c1-13-20-9-8-18(21-13)27-15-5-4-10-23(12-15)19(24)22-16-7-6-14(25-2)11-17(16)26-3/h6-9,11,15H,4-5,10,12H2,1-3H3,(H,22,24). The number of likely N-dealkylation sites (tertiary alicyclic amines) is 1. The van der Waals surface area contributed by atoms with Gasteiger partial charge in [0.25, 0.3) is 0 Å². The number of hydrogen-bond donors (Lipinski definition) is 1. The maximum Gasteiger partial charge on any atom is 0.322 e. The maximum absolute atomic E-state index is 12.7. The van der Waals surface area contributed by atoms with Gasteiger partial charge in [-0.05, 0) is 31.9 Å². The van der Waals surface area contributed by atoms with Gasteiger partial charge < -0.3 is 24.4 Å². The number of aryl methyl sites for hydroxylation is 1. The van der Waals surface area contributed by atoms with Crippen molar-refractivity contribution < 1.29 is 19.0 Å². The van der Waals surface area contributed by atoms with E-state index >= 15 is 0 Å². The van der Waals surface area contributed by atoms with E-state index < -0.39 is 0 Å². The van der Waals surface area contributed by atoms with E-state index in [0.717, 1.165) is 12.8 Å². The van der Waals surface area contributed by atoms with Gasteiger partial charge in [0.05, 0.1) is 26.5 Å². The Morgan fingerprint density at radius 2 is 2.11 bits per heavy atom. The van der Waals surface area contributed by atoms with Crippen LogP contribution in [0.1, 0.15) is 18.7 Å². The number of urea groups is 1. The van der Waals surface area contributed by atoms with Crippen LogP contribution in [0.3, 0.4) is 0 Å². The zero-order valence-electron chi connectivity index (χ0n) is 15.8. The molecule has 8 heteroatoms. The van der Waals surface area contributed by atoms with Crippen molar-refractivity contribution in [3.8, 4) is 17.4 Å². The molecule has 1 atom stereocenters. The van der Waals surface area contributed by atoms with Crippen LogP contribution in [0, 0.1) is 6.92 Å². The van der Waals surface area contributed by atoms with Gasteiger partial charge in [0.1, 0.15) is 23.4 Å². The molecule has 1 saturated heterocycles. The summed E-state index contributed by atoms with van der Waals surface area (Å²) < 4.78 is 16.4. The van der Waals surface area contributed by atoms with Crippen LogP contribution in [-0.2, 0) is 0 Å². The summed E-state index contributed by atoms with van der Waals surface area (Å²) in [4.78, 5) is 22.8. The number of nitrogens with zero attached hydrogens (tertiary/aromatic N) is 3. The third-order valence-corrected chi connectivity index (χ3v) is 4.35. The summed E-state index contributed by atoms with van der Waals surface area (Å²) in [5.74, 6) is 2.40. The minimum atomic E-state index is -0.189. The van der Waals surface area contributed by atoms with Crippen LogP contribution < -0.4 is 19.5 Å². The first kappa shape index (κ1) is 18.8. The molecule has 2 amide bonds. The number of carbonyl (C=O) groups excluding carboxylic acids is 1. The van der Waals surface area contributed by atoms with Crippen molar-refractivity contribution in [3.63, 3.8) is 0 Å². The number of aromatic nitrogens is 2. The Morgan fingerprint density at radius 1 is 1.26 bits per heavy atom. The number of methoxy groups -OCH3 is 2. The number of piperidine rings is 1. The van der Waals surface area contributed by atoms with E-state index in [1.807, 2.05) is 6.92 Å². The number of rotatable bonds is 5. The smallest absolute Gasteiger partial charge is 0.322 e. The number of hydrogen-bond acceptors (Lipinski definition) is 6. The maximum atomic E-state index is 12.7. The minimum Gasteiger partial charge on any atom is -0.497 e. The van der Waals surface area contributed by atoms with Crippen LogP contribution in [0.5, 0.6) is 17.4 Å². The molecule has 144 valence electrons. The zero-order valence-corrected chi connectivity index (χ0v) is 15.8. The predicted octanol–water partition coefficient (Wildman–Crippen LogP) is 2.88. The molecule has 8 nitrogen and oxygen atoms in total. The lowest BCUT2D eigenvalue weighted by Crippen LogP contribution is -2.46. The topological polar surface area (TPSA) is 85.8 Å². The van der Waals surface area contributed by atoms with Gasteiger partial charge in [0.2, 0.25) is 5.88 Å². The van der Waals surface area contributed by atoms with Crippen LogP contribution in [-0.4, -0.2) is 54.3 Å². The summed E-state index contributed by atoms with van der Waals surface area (Å²) in [5.41, 5.74) is 0.595. The molecule has 0 aliphatic carbocycles. The van der Waals surface area contributed by atoms with E-state index in [0.29, 0.717) is 42.0 Å². The fraction of sp³-hybridized carbons (Fsp3) is 0.421. The van der Waals surface area contributed by atoms with Gasteiger partial charge in [-0.15, -0.1) is 0 Å². The fourth-order valence-corrected chi connectivity index (χ4v) is 2.99. The van der Waals surface area contributed by atoms with Crippen molar-refractivity contribution >= 4 is 11.7 Å². The second kappa shape index (κ2) is 8.57. The number of nitrogens with one attached hydrogen (secondary N) is 1. The van der Waals surface area contributed by atoms with Crippen LogP contribution in [0.2, 0.25) is 0 Å². The number of anilines is 1. The lowest BCUT2D eigenvalue weighted by atomic mass is 10.1. The monoisotopic (exact) mass is 372 g/mol. The Kier molecular flexibility index (Phi) is 5.95. The Balaban J connectivity index is 1.63. The molecule has 0 radical (unpaired) electrons. The lowest BCUT2D eigenvalue weighted by Gasteiger charge is -2.32. The van der Waals surface area contributed by atoms with Crippen molar-refractivity contribution in [2.24, 2.45) is 0 Å². The number of carbonyl (C=O) groups is 1. The third-order valence-electron chi connectivity index (χ3n) is 4.35. The van der Waals surface area contributed by atoms with Crippen molar-refractivity contribution in [1.29, 1.82) is 0 Å². The van der Waals surface area contributed by atoms with E-state index in [2.05, 4.69) is 15.3 Å². The molecule has 0 bridgehead atoms. The number of ether oxygens (including phenoxy) is 3. The highest BCUT2D eigenvalue weighted by atomic mass is 16.5. The van der Waals surface area contributed by atoms with E-state index in [1.165, 1.54) is 0 Å². The van der Waals surface area contributed by atoms with Crippen LogP contribution in [0.4, 0.5) is 10.5 Å². The summed E-state index contributed by atoms with van der Waals surface area (Å²) in [6, 6.07) is 6.81. The molecule has 2 aromatic rings. The van der Waals surface area contributed by atoms with Gasteiger partial charge in [0.15, 0.2) is 0 Å². The molecule has 3 rings (SSSR count). The van der Waals surface area contributed by atoms with Crippen molar-refractivity contribution in [2.75, 3.05) is 32.6 Å². The summed E-state index contributed by atoms with van der Waals surface area (Å²) in [5, 5.41) is 2.90. The average Bonchev–Trinajstić information content (AvgIpc) is 2.68. The molecule has 1 fully saturated rings. The van der Waals surface area contributed by atoms with Gasteiger partial charge >= 0.3 is 6.03 Å². The largest absolute Gasteiger partial charge is 0.497 e. The van der Waals surface area contributed by atoms with Crippen molar-refractivity contribution in [3.05, 3.63) is 36.3 Å². The molecular weight excluding hydrogens is 348 g/mol. The number of amides is 2. The Bertz CT molecular complexity index is 799. The molecule has 27 heavy (non-hydrogen) atoms. The predicted molar refractivity (Wildman–Crippen MR) is 101 cm³/mol. The molecule has 1 aliphatic heterocycles. The van der Waals surface area contributed by atoms with Gasteiger partial charge in [-0.25, -0.2) is 9.78 Å². The molecule has 2 heterocycles. The molecule has 1 aliphatic rings. The first-order valence-corrected chi connectivity index (χ1v) is 8.83. The van der Waals surface area contributed by atoms with Gasteiger partial charge in [-0.3, -0.25) is 0 Å². The second-order valence-electron chi connectivity index (χ2n) is 6.27. The summed E-state index contributed by atoms with van der Waals surface area (Å²) in [6.45, 7) is 2.98. The Morgan fingerprint density at radius 3 is 2.85 bits per heavy atom. The SMILES string of the molecule is COc1ccc(NC(=O)N2CCCC(Oc3ccnc(C)n3)C2)c(OC)c1. The van der Waals surface area contributed by atoms with E-state index in [4.69, 9.17) is 14.2 Å². The van der Waals surface area contributed by atoms with Gasteiger partial charge in [-0.2, -0.15) is 4.98 Å². The highest BCUT2D eigenvalue weighted by Crippen LogP contribution is 2.29. The molecule has 1 aromatic carbocycles. The Labute approximate surface area is 158 Å². The molecule has 0 spiro atoms. The first-order chi connectivity index (χ1) is 13.1. The number of benzene rings is 1.